The van der Waals surface area contributed by atoms with Crippen LogP contribution in [0.4, 0.5) is 0 Å². The molecule has 0 aliphatic carbocycles. The summed E-state index contributed by atoms with van der Waals surface area (Å²) in [6.45, 7) is 5.56. The second-order valence-electron chi connectivity index (χ2n) is 18.8. The molecule has 12 aromatic carbocycles. The average molecular weight is 883 g/mol. The van der Waals surface area contributed by atoms with E-state index in [1.165, 1.54) is 0 Å². The lowest BCUT2D eigenvalue weighted by Gasteiger charge is -2.42. The van der Waals surface area contributed by atoms with Crippen molar-refractivity contribution in [1.29, 1.82) is 0 Å². The largest absolute Gasteiger partial charge is 0.378 e. The molecule has 330 valence electrons. The molecule has 2 N–H and O–H groups in total. The third-order valence-corrected chi connectivity index (χ3v) is 14.5. The van der Waals surface area contributed by atoms with Crippen molar-refractivity contribution in [2.75, 3.05) is 6.61 Å². The minimum absolute atomic E-state index is 0.159. The number of fused-ring (bicyclic) bond motifs is 12. The molecule has 0 heterocycles. The predicted octanol–water partition coefficient (Wildman–Crippen LogP) is 15.2. The maximum Gasteiger partial charge on any atom is 0.163 e. The molecule has 1 unspecified atom stereocenters. The summed E-state index contributed by atoms with van der Waals surface area (Å²) in [4.78, 5) is 0. The molecular weight excluding hydrogens is 833 g/mol. The van der Waals surface area contributed by atoms with E-state index in [1.54, 1.807) is 0 Å². The molecule has 0 amide bonds. The van der Waals surface area contributed by atoms with Crippen molar-refractivity contribution < 1.29 is 19.7 Å². The topological polar surface area (TPSA) is 58.9 Å². The van der Waals surface area contributed by atoms with Crippen LogP contribution < -0.4 is 0 Å². The Kier molecular flexibility index (Phi) is 9.95. The van der Waals surface area contributed by atoms with Crippen molar-refractivity contribution in [1.82, 2.24) is 0 Å². The smallest absolute Gasteiger partial charge is 0.163 e. The van der Waals surface area contributed by atoms with Crippen LogP contribution in [0.25, 0.3) is 86.2 Å². The Morgan fingerprint density at radius 3 is 0.926 bits per heavy atom. The quantitative estimate of drug-likeness (QED) is 0.106. The van der Waals surface area contributed by atoms with Gasteiger partial charge in [0.05, 0.1) is 12.7 Å². The van der Waals surface area contributed by atoms with Crippen molar-refractivity contribution in [2.45, 2.75) is 43.9 Å². The van der Waals surface area contributed by atoms with Crippen LogP contribution in [0.1, 0.15) is 43.0 Å². The zero-order valence-electron chi connectivity index (χ0n) is 38.3. The van der Waals surface area contributed by atoms with Gasteiger partial charge in [-0.1, -0.05) is 194 Å². The highest BCUT2D eigenvalue weighted by Gasteiger charge is 2.45. The Hall–Kier alpha value is -7.44. The van der Waals surface area contributed by atoms with Crippen molar-refractivity contribution in [3.05, 3.63) is 241 Å². The molecule has 0 spiro atoms. The SMILES string of the molecule is CC(OC(C)(C)OCC(O)(c1cc2ccccc2c2ccccc12)c1cc2ccccc2c2ccccc12)C(O)(c1cc2ccccc2c2ccccc12)c1cc2ccccc2c2ccccc12. The molecule has 4 heteroatoms. The number of ether oxygens (including phenoxy) is 2. The molecular formula is C64H50O4. The van der Waals surface area contributed by atoms with Gasteiger partial charge >= 0.3 is 0 Å². The normalized spacial score (nSPS) is 13.2. The summed E-state index contributed by atoms with van der Waals surface area (Å²) in [6, 6.07) is 75.1. The molecule has 68 heavy (non-hydrogen) atoms. The number of hydrogen-bond acceptors (Lipinski definition) is 4. The molecule has 0 radical (unpaired) electrons. The Balaban J connectivity index is 1.04. The van der Waals surface area contributed by atoms with E-state index in [0.717, 1.165) is 108 Å². The second-order valence-corrected chi connectivity index (χ2v) is 18.8. The Bertz CT molecular complexity index is 3710. The lowest BCUT2D eigenvalue weighted by Crippen LogP contribution is -2.47. The summed E-state index contributed by atoms with van der Waals surface area (Å²) in [5, 5.41) is 44.6. The van der Waals surface area contributed by atoms with Gasteiger partial charge in [-0.25, -0.2) is 0 Å². The molecule has 1 atom stereocenters. The van der Waals surface area contributed by atoms with Gasteiger partial charge in [-0.2, -0.15) is 0 Å². The summed E-state index contributed by atoms with van der Waals surface area (Å²) < 4.78 is 14.3. The maximum absolute atomic E-state index is 14.2. The fraction of sp³-hybridized carbons (Fsp3) is 0.125. The van der Waals surface area contributed by atoms with E-state index < -0.39 is 23.1 Å². The van der Waals surface area contributed by atoms with Crippen molar-refractivity contribution >= 4 is 86.2 Å². The van der Waals surface area contributed by atoms with E-state index in [9.17, 15) is 10.2 Å². The number of benzene rings is 12. The third-order valence-electron chi connectivity index (χ3n) is 14.5. The van der Waals surface area contributed by atoms with Crippen LogP contribution >= 0.6 is 0 Å². The van der Waals surface area contributed by atoms with Crippen molar-refractivity contribution in [3.8, 4) is 0 Å². The van der Waals surface area contributed by atoms with Crippen LogP contribution in [-0.2, 0) is 20.7 Å². The van der Waals surface area contributed by atoms with E-state index in [-0.39, 0.29) is 6.61 Å². The highest BCUT2D eigenvalue weighted by atomic mass is 16.7. The second kappa shape index (κ2) is 16.1. The first-order valence-corrected chi connectivity index (χ1v) is 23.5. The minimum atomic E-state index is -1.71. The van der Waals surface area contributed by atoms with Gasteiger partial charge in [0.1, 0.15) is 11.2 Å². The fourth-order valence-electron chi connectivity index (χ4n) is 11.2. The lowest BCUT2D eigenvalue weighted by molar-refractivity contribution is -0.272. The van der Waals surface area contributed by atoms with Gasteiger partial charge in [0.25, 0.3) is 0 Å². The summed E-state index contributed by atoms with van der Waals surface area (Å²) >= 11 is 0. The van der Waals surface area contributed by atoms with Gasteiger partial charge < -0.3 is 19.7 Å². The predicted molar refractivity (Wildman–Crippen MR) is 282 cm³/mol. The number of rotatable bonds is 10. The standard InChI is InChI=1S/C64H50O4/c1-41(64(66,60-38-44-22-6-10-26-48(44)52-30-14-18-34-56(52)60)61-39-45-23-7-11-27-49(45)53-31-15-19-35-57(53)61)68-62(2,3)67-40-63(65,58-36-42-20-4-8-24-46(42)50-28-12-16-32-54(50)58)59-37-43-21-5-9-25-47(43)51-29-13-17-33-55(51)59/h4-39,41,65-66H,40H2,1-3H3. The van der Waals surface area contributed by atoms with Gasteiger partial charge in [0.15, 0.2) is 5.79 Å². The molecule has 0 aromatic heterocycles. The van der Waals surface area contributed by atoms with Crippen molar-refractivity contribution in [2.24, 2.45) is 0 Å². The fourth-order valence-corrected chi connectivity index (χ4v) is 11.2. The summed E-state index contributed by atoms with van der Waals surface area (Å²) in [5.41, 5.74) is -0.463. The maximum atomic E-state index is 14.2. The number of hydrogen-bond donors (Lipinski definition) is 2. The molecule has 0 aliphatic heterocycles. The molecule has 12 aromatic rings. The van der Waals surface area contributed by atoms with E-state index in [1.807, 2.05) is 69.3 Å². The molecule has 0 fully saturated rings. The van der Waals surface area contributed by atoms with Crippen molar-refractivity contribution in [3.63, 3.8) is 0 Å². The highest BCUT2D eigenvalue weighted by molar-refractivity contribution is 6.13. The molecule has 0 saturated heterocycles. The third kappa shape index (κ3) is 6.67. The molecule has 12 rings (SSSR count). The van der Waals surface area contributed by atoms with Crippen LogP contribution in [0.3, 0.4) is 0 Å². The Morgan fingerprint density at radius 1 is 0.353 bits per heavy atom. The molecule has 4 nitrogen and oxygen atoms in total. The van der Waals surface area contributed by atoms with Gasteiger partial charge in [0, 0.05) is 0 Å². The van der Waals surface area contributed by atoms with E-state index in [0.29, 0.717) is 0 Å². The Morgan fingerprint density at radius 2 is 0.603 bits per heavy atom. The first-order valence-electron chi connectivity index (χ1n) is 23.5. The van der Waals surface area contributed by atoms with E-state index in [4.69, 9.17) is 9.47 Å². The Labute approximate surface area is 395 Å². The van der Waals surface area contributed by atoms with Gasteiger partial charge in [-0.3, -0.25) is 0 Å². The van der Waals surface area contributed by atoms with Crippen LogP contribution in [0.5, 0.6) is 0 Å². The van der Waals surface area contributed by atoms with Crippen LogP contribution in [-0.4, -0.2) is 28.7 Å². The zero-order valence-corrected chi connectivity index (χ0v) is 38.3. The summed E-state index contributed by atoms with van der Waals surface area (Å²) in [5.74, 6) is -1.35. The van der Waals surface area contributed by atoms with Crippen LogP contribution in [0.2, 0.25) is 0 Å². The van der Waals surface area contributed by atoms with Crippen LogP contribution in [0.15, 0.2) is 218 Å². The average Bonchev–Trinajstić information content (AvgIpc) is 3.39. The van der Waals surface area contributed by atoms with Gasteiger partial charge in [-0.15, -0.1) is 0 Å². The van der Waals surface area contributed by atoms with Gasteiger partial charge in [-0.05, 0) is 153 Å². The van der Waals surface area contributed by atoms with Crippen LogP contribution in [0, 0.1) is 0 Å². The molecule has 0 bridgehead atoms. The first kappa shape index (κ1) is 42.0. The van der Waals surface area contributed by atoms with E-state index >= 15 is 0 Å². The van der Waals surface area contributed by atoms with E-state index in [2.05, 4.69) is 170 Å². The summed E-state index contributed by atoms with van der Waals surface area (Å²) in [6.07, 6.45) is -0.886. The van der Waals surface area contributed by atoms with Gasteiger partial charge in [0.2, 0.25) is 0 Å². The monoisotopic (exact) mass is 882 g/mol. The lowest BCUT2D eigenvalue weighted by atomic mass is 9.76. The molecule has 0 saturated carbocycles. The highest BCUT2D eigenvalue weighted by Crippen LogP contribution is 2.48. The molecule has 0 aliphatic rings. The first-order chi connectivity index (χ1) is 33.1. The minimum Gasteiger partial charge on any atom is -0.378 e. The number of aliphatic hydroxyl groups is 2. The summed E-state index contributed by atoms with van der Waals surface area (Å²) in [7, 11) is 0. The zero-order chi connectivity index (χ0) is 46.2.